The number of amides is 1. The summed E-state index contributed by atoms with van der Waals surface area (Å²) in [4.78, 5) is 15.4. The molecule has 16 heavy (non-hydrogen) atoms. The number of carbonyl (C=O) groups is 1. The summed E-state index contributed by atoms with van der Waals surface area (Å²) < 4.78 is 0. The minimum atomic E-state index is 0.218. The highest BCUT2D eigenvalue weighted by Crippen LogP contribution is 2.00. The lowest BCUT2D eigenvalue weighted by Gasteiger charge is -2.21. The highest BCUT2D eigenvalue weighted by Gasteiger charge is 2.06. The Labute approximate surface area is 99.8 Å². The molecule has 0 radical (unpaired) electrons. The molecule has 0 spiro atoms. The predicted molar refractivity (Wildman–Crippen MR) is 68.3 cm³/mol. The van der Waals surface area contributed by atoms with E-state index in [1.165, 1.54) is 0 Å². The van der Waals surface area contributed by atoms with Crippen molar-refractivity contribution in [3.05, 3.63) is 0 Å². The van der Waals surface area contributed by atoms with Gasteiger partial charge in [0.1, 0.15) is 0 Å². The normalized spacial score (nSPS) is 10.8. The molecule has 96 valence electrons. The number of nitrogens with zero attached hydrogens (tertiary/aromatic N) is 2. The van der Waals surface area contributed by atoms with Gasteiger partial charge in [0, 0.05) is 20.5 Å². The largest absolute Gasteiger partial charge is 0.349 e. The van der Waals surface area contributed by atoms with Gasteiger partial charge in [0.05, 0.1) is 0 Å². The van der Waals surface area contributed by atoms with Gasteiger partial charge in [-0.3, -0.25) is 4.79 Å². The van der Waals surface area contributed by atoms with Crippen LogP contribution in [-0.2, 0) is 4.79 Å². The molecule has 0 bridgehead atoms. The van der Waals surface area contributed by atoms with Crippen LogP contribution in [0, 0.1) is 0 Å². The lowest BCUT2D eigenvalue weighted by Crippen LogP contribution is -2.29. The molecular weight excluding hydrogens is 202 g/mol. The van der Waals surface area contributed by atoms with E-state index in [9.17, 15) is 4.79 Å². The van der Waals surface area contributed by atoms with Crippen LogP contribution in [0.4, 0.5) is 0 Å². The first-order chi connectivity index (χ1) is 7.61. The molecule has 0 aliphatic carbocycles. The molecule has 0 fully saturated rings. The van der Waals surface area contributed by atoms with Crippen LogP contribution >= 0.6 is 0 Å². The highest BCUT2D eigenvalue weighted by molar-refractivity contribution is 5.75. The van der Waals surface area contributed by atoms with Crippen molar-refractivity contribution >= 4 is 5.91 Å². The second-order valence-corrected chi connectivity index (χ2v) is 4.38. The first-order valence-corrected chi connectivity index (χ1v) is 6.24. The Morgan fingerprint density at radius 3 is 2.25 bits per heavy atom. The van der Waals surface area contributed by atoms with E-state index in [4.69, 9.17) is 5.73 Å². The van der Waals surface area contributed by atoms with E-state index in [1.54, 1.807) is 19.0 Å². The maximum atomic E-state index is 11.4. The Bertz CT molecular complexity index is 183. The second-order valence-electron chi connectivity index (χ2n) is 4.38. The summed E-state index contributed by atoms with van der Waals surface area (Å²) >= 11 is 0. The smallest absolute Gasteiger partial charge is 0.222 e. The summed E-state index contributed by atoms with van der Waals surface area (Å²) in [6, 6.07) is 0. The average Bonchev–Trinajstić information content (AvgIpc) is 2.25. The Kier molecular flexibility index (Phi) is 9.24. The fourth-order valence-corrected chi connectivity index (χ4v) is 1.64. The SMILES string of the molecule is CCCN(CCCN)CCCC(=O)N(C)C. The number of rotatable bonds is 9. The standard InChI is InChI=1S/C12H27N3O/c1-4-9-15(11-6-8-13)10-5-7-12(16)14(2)3/h4-11,13H2,1-3H3. The molecule has 1 amide bonds. The van der Waals surface area contributed by atoms with Gasteiger partial charge < -0.3 is 15.5 Å². The molecule has 0 saturated carbocycles. The Hall–Kier alpha value is -0.610. The van der Waals surface area contributed by atoms with Crippen molar-refractivity contribution in [3.63, 3.8) is 0 Å². The molecule has 2 N–H and O–H groups in total. The van der Waals surface area contributed by atoms with Gasteiger partial charge in [-0.05, 0) is 45.4 Å². The summed E-state index contributed by atoms with van der Waals surface area (Å²) in [5.41, 5.74) is 5.50. The van der Waals surface area contributed by atoms with Gasteiger partial charge in [0.2, 0.25) is 5.91 Å². The monoisotopic (exact) mass is 229 g/mol. The minimum Gasteiger partial charge on any atom is -0.349 e. The van der Waals surface area contributed by atoms with Crippen molar-refractivity contribution in [2.75, 3.05) is 40.3 Å². The molecule has 0 aromatic heterocycles. The summed E-state index contributed by atoms with van der Waals surface area (Å²) in [6.45, 7) is 6.10. The van der Waals surface area contributed by atoms with Crippen molar-refractivity contribution in [1.29, 1.82) is 0 Å². The van der Waals surface area contributed by atoms with E-state index in [-0.39, 0.29) is 5.91 Å². The maximum Gasteiger partial charge on any atom is 0.222 e. The summed E-state index contributed by atoms with van der Waals surface area (Å²) in [5.74, 6) is 0.218. The third-order valence-corrected chi connectivity index (χ3v) is 2.58. The molecule has 0 rings (SSSR count). The summed E-state index contributed by atoms with van der Waals surface area (Å²) in [6.07, 6.45) is 3.80. The van der Waals surface area contributed by atoms with Crippen LogP contribution in [0.5, 0.6) is 0 Å². The lowest BCUT2D eigenvalue weighted by molar-refractivity contribution is -0.128. The third kappa shape index (κ3) is 7.65. The summed E-state index contributed by atoms with van der Waals surface area (Å²) in [7, 11) is 3.61. The zero-order valence-corrected chi connectivity index (χ0v) is 11.0. The van der Waals surface area contributed by atoms with Crippen LogP contribution < -0.4 is 5.73 Å². The van der Waals surface area contributed by atoms with Crippen molar-refractivity contribution in [2.24, 2.45) is 5.73 Å². The second kappa shape index (κ2) is 9.60. The molecule has 0 saturated heterocycles. The average molecular weight is 229 g/mol. The third-order valence-electron chi connectivity index (χ3n) is 2.58. The van der Waals surface area contributed by atoms with Gasteiger partial charge in [-0.15, -0.1) is 0 Å². The number of nitrogens with two attached hydrogens (primary N) is 1. The highest BCUT2D eigenvalue weighted by atomic mass is 16.2. The molecule has 0 aliphatic heterocycles. The Morgan fingerprint density at radius 1 is 1.12 bits per heavy atom. The van der Waals surface area contributed by atoms with Crippen molar-refractivity contribution < 1.29 is 4.79 Å². The van der Waals surface area contributed by atoms with E-state index in [2.05, 4.69) is 11.8 Å². The topological polar surface area (TPSA) is 49.6 Å². The molecule has 0 atom stereocenters. The molecular formula is C12H27N3O. The van der Waals surface area contributed by atoms with Crippen LogP contribution in [0.2, 0.25) is 0 Å². The molecule has 0 aliphatic rings. The van der Waals surface area contributed by atoms with Gasteiger partial charge >= 0.3 is 0 Å². The Balaban J connectivity index is 3.70. The number of carbonyl (C=O) groups excluding carboxylic acids is 1. The van der Waals surface area contributed by atoms with E-state index in [0.717, 1.165) is 45.4 Å². The van der Waals surface area contributed by atoms with Crippen LogP contribution in [-0.4, -0.2) is 56.0 Å². The van der Waals surface area contributed by atoms with Crippen LogP contribution in [0.1, 0.15) is 32.6 Å². The van der Waals surface area contributed by atoms with Crippen LogP contribution in [0.25, 0.3) is 0 Å². The molecule has 0 aromatic rings. The summed E-state index contributed by atoms with van der Waals surface area (Å²) in [5, 5.41) is 0. The van der Waals surface area contributed by atoms with E-state index in [1.807, 2.05) is 0 Å². The molecule has 4 nitrogen and oxygen atoms in total. The Morgan fingerprint density at radius 2 is 1.75 bits per heavy atom. The van der Waals surface area contributed by atoms with Crippen molar-refractivity contribution in [3.8, 4) is 0 Å². The van der Waals surface area contributed by atoms with Gasteiger partial charge in [-0.2, -0.15) is 0 Å². The quantitative estimate of drug-likeness (QED) is 0.639. The molecule has 0 heterocycles. The van der Waals surface area contributed by atoms with Crippen LogP contribution in [0.15, 0.2) is 0 Å². The van der Waals surface area contributed by atoms with Gasteiger partial charge in [-0.1, -0.05) is 6.92 Å². The van der Waals surface area contributed by atoms with Gasteiger partial charge in [0.15, 0.2) is 0 Å². The zero-order chi connectivity index (χ0) is 12.4. The zero-order valence-electron chi connectivity index (χ0n) is 11.0. The fraction of sp³-hybridized carbons (Fsp3) is 0.917. The first-order valence-electron chi connectivity index (χ1n) is 6.24. The molecule has 4 heteroatoms. The van der Waals surface area contributed by atoms with Crippen LogP contribution in [0.3, 0.4) is 0 Å². The van der Waals surface area contributed by atoms with E-state index in [0.29, 0.717) is 6.42 Å². The fourth-order valence-electron chi connectivity index (χ4n) is 1.64. The molecule has 0 unspecified atom stereocenters. The number of hydrogen-bond acceptors (Lipinski definition) is 3. The van der Waals surface area contributed by atoms with E-state index < -0.39 is 0 Å². The number of hydrogen-bond donors (Lipinski definition) is 1. The van der Waals surface area contributed by atoms with Crippen molar-refractivity contribution in [1.82, 2.24) is 9.80 Å². The van der Waals surface area contributed by atoms with Gasteiger partial charge in [-0.25, -0.2) is 0 Å². The van der Waals surface area contributed by atoms with Crippen molar-refractivity contribution in [2.45, 2.75) is 32.6 Å². The maximum absolute atomic E-state index is 11.4. The molecule has 0 aromatic carbocycles. The lowest BCUT2D eigenvalue weighted by atomic mass is 10.2. The first kappa shape index (κ1) is 15.4. The van der Waals surface area contributed by atoms with E-state index >= 15 is 0 Å². The van der Waals surface area contributed by atoms with Gasteiger partial charge in [0.25, 0.3) is 0 Å². The minimum absolute atomic E-state index is 0.218. The predicted octanol–water partition coefficient (Wildman–Crippen LogP) is 0.916.